The molecule has 14 heavy (non-hydrogen) atoms. The molecule has 1 aliphatic heterocycles. The van der Waals surface area contributed by atoms with Crippen molar-refractivity contribution in [3.05, 3.63) is 0 Å². The van der Waals surface area contributed by atoms with E-state index in [1.807, 2.05) is 6.92 Å². The van der Waals surface area contributed by atoms with E-state index >= 15 is 0 Å². The van der Waals surface area contributed by atoms with Gasteiger partial charge in [-0.15, -0.1) is 0 Å². The Morgan fingerprint density at radius 3 is 2.21 bits per heavy atom. The molecule has 0 aromatic heterocycles. The van der Waals surface area contributed by atoms with E-state index in [4.69, 9.17) is 0 Å². The Balaban J connectivity index is 2.04. The Bertz CT molecular complexity index is 250. The lowest BCUT2D eigenvalue weighted by molar-refractivity contribution is -0.120. The van der Waals surface area contributed by atoms with E-state index in [0.717, 1.165) is 12.8 Å². The van der Waals surface area contributed by atoms with Crippen LogP contribution in [0.5, 0.6) is 0 Å². The van der Waals surface area contributed by atoms with Gasteiger partial charge in [0.25, 0.3) is 0 Å². The molecule has 0 aromatic carbocycles. The molecule has 80 valence electrons. The van der Waals surface area contributed by atoms with Crippen molar-refractivity contribution < 1.29 is 4.79 Å². The third-order valence-corrected chi connectivity index (χ3v) is 3.71. The smallest absolute Gasteiger partial charge is 0.238 e. The topological polar surface area (TPSA) is 41.1 Å². The van der Waals surface area contributed by atoms with Crippen molar-refractivity contribution in [2.45, 2.75) is 58.2 Å². The molecule has 0 bridgehead atoms. The van der Waals surface area contributed by atoms with E-state index in [1.54, 1.807) is 0 Å². The first kappa shape index (κ1) is 9.97. The lowest BCUT2D eigenvalue weighted by Gasteiger charge is -2.41. The normalized spacial score (nSPS) is 34.5. The van der Waals surface area contributed by atoms with Crippen LogP contribution in [0.1, 0.15) is 46.5 Å². The van der Waals surface area contributed by atoms with Gasteiger partial charge in [-0.3, -0.25) is 10.1 Å². The zero-order valence-corrected chi connectivity index (χ0v) is 9.31. The molecule has 3 nitrogen and oxygen atoms in total. The third kappa shape index (κ3) is 1.65. The summed E-state index contributed by atoms with van der Waals surface area (Å²) in [6.07, 6.45) is 4.51. The maximum atomic E-state index is 11.4. The van der Waals surface area contributed by atoms with Gasteiger partial charge in [-0.2, -0.15) is 0 Å². The van der Waals surface area contributed by atoms with Crippen LogP contribution in [0.4, 0.5) is 0 Å². The van der Waals surface area contributed by atoms with Crippen molar-refractivity contribution in [2.75, 3.05) is 0 Å². The van der Waals surface area contributed by atoms with Crippen LogP contribution < -0.4 is 10.6 Å². The Morgan fingerprint density at radius 2 is 1.79 bits per heavy atom. The van der Waals surface area contributed by atoms with Crippen molar-refractivity contribution in [3.8, 4) is 0 Å². The summed E-state index contributed by atoms with van der Waals surface area (Å²) in [7, 11) is 0. The first-order valence-corrected chi connectivity index (χ1v) is 5.52. The Morgan fingerprint density at radius 1 is 1.21 bits per heavy atom. The molecule has 0 radical (unpaired) electrons. The van der Waals surface area contributed by atoms with Crippen LogP contribution in [-0.4, -0.2) is 17.6 Å². The third-order valence-electron chi connectivity index (χ3n) is 3.71. The van der Waals surface area contributed by atoms with E-state index in [-0.39, 0.29) is 17.6 Å². The molecule has 1 saturated carbocycles. The lowest BCUT2D eigenvalue weighted by Crippen LogP contribution is -2.53. The average molecular weight is 196 g/mol. The molecule has 1 unspecified atom stereocenters. The summed E-state index contributed by atoms with van der Waals surface area (Å²) in [6.45, 7) is 6.55. The van der Waals surface area contributed by atoms with Crippen LogP contribution in [-0.2, 0) is 4.79 Å². The molecule has 1 saturated heterocycles. The first-order valence-electron chi connectivity index (χ1n) is 5.52. The highest BCUT2D eigenvalue weighted by molar-refractivity contribution is 5.84. The molecule has 1 amide bonds. The average Bonchev–Trinajstić information content (AvgIpc) is 2.36. The van der Waals surface area contributed by atoms with Gasteiger partial charge in [0.15, 0.2) is 0 Å². The first-order chi connectivity index (χ1) is 6.43. The largest absolute Gasteiger partial charge is 0.337 e. The Kier molecular flexibility index (Phi) is 2.11. The summed E-state index contributed by atoms with van der Waals surface area (Å²) < 4.78 is 0. The van der Waals surface area contributed by atoms with Gasteiger partial charge in [0.2, 0.25) is 5.91 Å². The number of hydrogen-bond donors (Lipinski definition) is 2. The quantitative estimate of drug-likeness (QED) is 0.614. The summed E-state index contributed by atoms with van der Waals surface area (Å²) in [6, 6.07) is -0.0174. The van der Waals surface area contributed by atoms with Gasteiger partial charge in [-0.1, -0.05) is 13.8 Å². The Labute approximate surface area is 85.6 Å². The molecular formula is C11H20N2O. The molecule has 2 fully saturated rings. The standard InChI is InChI=1S/C11H20N2O/c1-8-9(14)13-11(12-8)6-4-10(2,3)5-7-11/h8,12H,4-7H2,1-3H3,(H,13,14). The monoisotopic (exact) mass is 196 g/mol. The molecule has 2 N–H and O–H groups in total. The van der Waals surface area contributed by atoms with Crippen molar-refractivity contribution in [3.63, 3.8) is 0 Å². The highest BCUT2D eigenvalue weighted by atomic mass is 16.2. The van der Waals surface area contributed by atoms with E-state index in [1.165, 1.54) is 12.8 Å². The van der Waals surface area contributed by atoms with Gasteiger partial charge >= 0.3 is 0 Å². The second-order valence-corrected chi connectivity index (χ2v) is 5.60. The van der Waals surface area contributed by atoms with Gasteiger partial charge in [-0.25, -0.2) is 0 Å². The minimum Gasteiger partial charge on any atom is -0.337 e. The maximum absolute atomic E-state index is 11.4. The number of nitrogens with one attached hydrogen (secondary N) is 2. The Hall–Kier alpha value is -0.570. The number of carbonyl (C=O) groups excluding carboxylic acids is 1. The lowest BCUT2D eigenvalue weighted by atomic mass is 9.73. The zero-order chi connectivity index (χ0) is 10.4. The van der Waals surface area contributed by atoms with Gasteiger partial charge in [0.05, 0.1) is 11.7 Å². The predicted molar refractivity (Wildman–Crippen MR) is 55.7 cm³/mol. The van der Waals surface area contributed by atoms with Gasteiger partial charge < -0.3 is 5.32 Å². The van der Waals surface area contributed by atoms with Crippen LogP contribution in [0.25, 0.3) is 0 Å². The van der Waals surface area contributed by atoms with Gasteiger partial charge in [-0.05, 0) is 38.0 Å². The molecule has 1 aliphatic carbocycles. The zero-order valence-electron chi connectivity index (χ0n) is 9.31. The number of hydrogen-bond acceptors (Lipinski definition) is 2. The van der Waals surface area contributed by atoms with E-state index in [0.29, 0.717) is 5.41 Å². The number of amides is 1. The fourth-order valence-electron chi connectivity index (χ4n) is 2.48. The van der Waals surface area contributed by atoms with Crippen LogP contribution in [0.2, 0.25) is 0 Å². The van der Waals surface area contributed by atoms with Crippen molar-refractivity contribution in [2.24, 2.45) is 5.41 Å². The summed E-state index contributed by atoms with van der Waals surface area (Å²) >= 11 is 0. The van der Waals surface area contributed by atoms with Crippen molar-refractivity contribution >= 4 is 5.91 Å². The minimum absolute atomic E-state index is 0.0174. The molecule has 0 aromatic rings. The van der Waals surface area contributed by atoms with E-state index in [2.05, 4.69) is 24.5 Å². The number of rotatable bonds is 0. The molecule has 1 heterocycles. The second-order valence-electron chi connectivity index (χ2n) is 5.60. The highest BCUT2D eigenvalue weighted by Gasteiger charge is 2.45. The van der Waals surface area contributed by atoms with Gasteiger partial charge in [0.1, 0.15) is 0 Å². The SMILES string of the molecule is CC1NC2(CCC(C)(C)CC2)NC1=O. The molecule has 2 rings (SSSR count). The number of carbonyl (C=O) groups is 1. The maximum Gasteiger partial charge on any atom is 0.238 e. The summed E-state index contributed by atoms with van der Waals surface area (Å²) in [5, 5.41) is 6.50. The molecular weight excluding hydrogens is 176 g/mol. The van der Waals surface area contributed by atoms with Crippen molar-refractivity contribution in [1.29, 1.82) is 0 Å². The molecule has 2 aliphatic rings. The highest BCUT2D eigenvalue weighted by Crippen LogP contribution is 2.40. The van der Waals surface area contributed by atoms with E-state index in [9.17, 15) is 4.79 Å². The summed E-state index contributed by atoms with van der Waals surface area (Å²) in [4.78, 5) is 11.4. The van der Waals surface area contributed by atoms with Crippen molar-refractivity contribution in [1.82, 2.24) is 10.6 Å². The fraction of sp³-hybridized carbons (Fsp3) is 0.909. The molecule has 1 spiro atoms. The predicted octanol–water partition coefficient (Wildman–Crippen LogP) is 1.39. The summed E-state index contributed by atoms with van der Waals surface area (Å²) in [5.74, 6) is 0.157. The minimum atomic E-state index is -0.0774. The van der Waals surface area contributed by atoms with Crippen LogP contribution in [0, 0.1) is 5.41 Å². The summed E-state index contributed by atoms with van der Waals surface area (Å²) in [5.41, 5.74) is 0.371. The fourth-order valence-corrected chi connectivity index (χ4v) is 2.48. The van der Waals surface area contributed by atoms with Crippen LogP contribution in [0.15, 0.2) is 0 Å². The molecule has 1 atom stereocenters. The van der Waals surface area contributed by atoms with Crippen LogP contribution >= 0.6 is 0 Å². The van der Waals surface area contributed by atoms with Gasteiger partial charge in [0, 0.05) is 0 Å². The molecule has 3 heteroatoms. The second kappa shape index (κ2) is 2.96. The van der Waals surface area contributed by atoms with Crippen LogP contribution in [0.3, 0.4) is 0 Å². The van der Waals surface area contributed by atoms with E-state index < -0.39 is 0 Å².